The molecule has 0 amide bonds. The molecule has 160 valence electrons. The number of aromatic nitrogens is 3. The molecule has 0 bridgehead atoms. The molecular weight excluding hydrogens is 498 g/mol. The number of esters is 1. The van der Waals surface area contributed by atoms with Gasteiger partial charge in [-0.25, -0.2) is 4.79 Å². The van der Waals surface area contributed by atoms with E-state index in [1.807, 2.05) is 53.5 Å². The molecule has 0 atom stereocenters. The van der Waals surface area contributed by atoms with Crippen molar-refractivity contribution in [3.63, 3.8) is 0 Å². The van der Waals surface area contributed by atoms with Gasteiger partial charge in [0.15, 0.2) is 0 Å². The standard InChI is InChI=1S/C23H21BrClN3O2S/c1-3-10-27-14-17(13-26-27)28-20-12-16(25)8-9-19(20)21(22(28)24)31-18-7-5-6-15(11-18)23(29)30-4-2/h5-9,11-14H,3-4,10H2,1-2H3. The fourth-order valence-electron chi connectivity index (χ4n) is 3.39. The number of hydrogen-bond donors (Lipinski definition) is 0. The number of nitrogens with zero attached hydrogens (tertiary/aromatic N) is 3. The molecule has 0 aliphatic rings. The topological polar surface area (TPSA) is 49.0 Å². The fourth-order valence-corrected chi connectivity index (χ4v) is 5.43. The van der Waals surface area contributed by atoms with Crippen LogP contribution >= 0.6 is 39.3 Å². The third kappa shape index (κ3) is 4.54. The summed E-state index contributed by atoms with van der Waals surface area (Å²) in [6, 6.07) is 13.3. The molecule has 4 rings (SSSR count). The molecule has 0 N–H and O–H groups in total. The summed E-state index contributed by atoms with van der Waals surface area (Å²) in [6.45, 7) is 5.14. The molecule has 31 heavy (non-hydrogen) atoms. The fraction of sp³-hybridized carbons (Fsp3) is 0.217. The normalized spacial score (nSPS) is 11.2. The lowest BCUT2D eigenvalue weighted by Crippen LogP contribution is -2.04. The second-order valence-electron chi connectivity index (χ2n) is 6.93. The Morgan fingerprint density at radius 1 is 1.23 bits per heavy atom. The highest BCUT2D eigenvalue weighted by Gasteiger charge is 2.19. The molecule has 8 heteroatoms. The Morgan fingerprint density at radius 3 is 2.84 bits per heavy atom. The number of aryl methyl sites for hydroxylation is 1. The zero-order valence-corrected chi connectivity index (χ0v) is 20.3. The minimum Gasteiger partial charge on any atom is -0.462 e. The lowest BCUT2D eigenvalue weighted by Gasteiger charge is -2.06. The van der Waals surface area contributed by atoms with Gasteiger partial charge in [0.25, 0.3) is 0 Å². The number of ether oxygens (including phenoxy) is 1. The summed E-state index contributed by atoms with van der Waals surface area (Å²) in [4.78, 5) is 14.1. The van der Waals surface area contributed by atoms with E-state index in [9.17, 15) is 4.79 Å². The van der Waals surface area contributed by atoms with Crippen molar-refractivity contribution >= 4 is 56.2 Å². The van der Waals surface area contributed by atoms with Crippen molar-refractivity contribution < 1.29 is 9.53 Å². The van der Waals surface area contributed by atoms with Crippen LogP contribution in [0.1, 0.15) is 30.6 Å². The summed E-state index contributed by atoms with van der Waals surface area (Å²) in [5.41, 5.74) is 2.48. The van der Waals surface area contributed by atoms with Gasteiger partial charge < -0.3 is 4.74 Å². The first-order valence-electron chi connectivity index (χ1n) is 9.99. The number of carbonyl (C=O) groups is 1. The third-order valence-electron chi connectivity index (χ3n) is 4.72. The Kier molecular flexibility index (Phi) is 6.74. The molecule has 0 unspecified atom stereocenters. The minimum absolute atomic E-state index is 0.318. The number of benzene rings is 2. The number of fused-ring (bicyclic) bond motifs is 1. The van der Waals surface area contributed by atoms with E-state index in [1.54, 1.807) is 24.8 Å². The van der Waals surface area contributed by atoms with Crippen LogP contribution in [0.2, 0.25) is 5.02 Å². The number of halogens is 2. The second kappa shape index (κ2) is 9.51. The van der Waals surface area contributed by atoms with Crippen LogP contribution in [0.5, 0.6) is 0 Å². The first-order valence-corrected chi connectivity index (χ1v) is 12.0. The van der Waals surface area contributed by atoms with Gasteiger partial charge in [-0.05, 0) is 59.6 Å². The van der Waals surface area contributed by atoms with Gasteiger partial charge in [0.2, 0.25) is 0 Å². The predicted molar refractivity (Wildman–Crippen MR) is 129 cm³/mol. The highest BCUT2D eigenvalue weighted by molar-refractivity contribution is 9.10. The number of hydrogen-bond acceptors (Lipinski definition) is 4. The molecule has 0 saturated carbocycles. The van der Waals surface area contributed by atoms with Gasteiger partial charge >= 0.3 is 5.97 Å². The Hall–Kier alpha value is -2.22. The van der Waals surface area contributed by atoms with Crippen LogP contribution in [0, 0.1) is 0 Å². The van der Waals surface area contributed by atoms with Crippen LogP contribution in [0.4, 0.5) is 0 Å². The molecule has 5 nitrogen and oxygen atoms in total. The lowest BCUT2D eigenvalue weighted by atomic mass is 10.2. The first-order chi connectivity index (χ1) is 15.0. The van der Waals surface area contributed by atoms with E-state index in [1.165, 1.54) is 0 Å². The van der Waals surface area contributed by atoms with E-state index in [0.717, 1.165) is 44.0 Å². The Bertz CT molecular complexity index is 1250. The molecule has 2 heterocycles. The Balaban J connectivity index is 1.79. The molecule has 0 saturated heterocycles. The van der Waals surface area contributed by atoms with Gasteiger partial charge in [-0.3, -0.25) is 9.25 Å². The molecule has 0 radical (unpaired) electrons. The van der Waals surface area contributed by atoms with E-state index >= 15 is 0 Å². The second-order valence-corrected chi connectivity index (χ2v) is 9.20. The number of rotatable bonds is 7. The van der Waals surface area contributed by atoms with Crippen LogP contribution in [-0.4, -0.2) is 26.9 Å². The maximum absolute atomic E-state index is 12.1. The maximum atomic E-state index is 12.1. The summed E-state index contributed by atoms with van der Waals surface area (Å²) >= 11 is 11.7. The van der Waals surface area contributed by atoms with Crippen molar-refractivity contribution in [1.29, 1.82) is 0 Å². The average Bonchev–Trinajstić information content (AvgIpc) is 3.31. The molecule has 0 aliphatic carbocycles. The summed E-state index contributed by atoms with van der Waals surface area (Å²) < 4.78 is 10.1. The summed E-state index contributed by atoms with van der Waals surface area (Å²) in [5.74, 6) is -0.318. The maximum Gasteiger partial charge on any atom is 0.338 e. The molecule has 4 aromatic rings. The van der Waals surface area contributed by atoms with Crippen LogP contribution in [0.25, 0.3) is 16.6 Å². The van der Waals surface area contributed by atoms with Crippen molar-refractivity contribution in [2.24, 2.45) is 0 Å². The third-order valence-corrected chi connectivity index (χ3v) is 7.08. The van der Waals surface area contributed by atoms with Crippen molar-refractivity contribution in [2.75, 3.05) is 6.61 Å². The molecular formula is C23H21BrClN3O2S. The van der Waals surface area contributed by atoms with Crippen LogP contribution in [0.15, 0.2) is 69.3 Å². The lowest BCUT2D eigenvalue weighted by molar-refractivity contribution is 0.0526. The van der Waals surface area contributed by atoms with Gasteiger partial charge in [0.1, 0.15) is 4.60 Å². The SMILES string of the molecule is CCCn1cc(-n2c(Br)c(Sc3cccc(C(=O)OCC)c3)c3ccc(Cl)cc32)cn1. The van der Waals surface area contributed by atoms with E-state index < -0.39 is 0 Å². The van der Waals surface area contributed by atoms with E-state index in [0.29, 0.717) is 17.2 Å². The quantitative estimate of drug-likeness (QED) is 0.248. The van der Waals surface area contributed by atoms with E-state index in [-0.39, 0.29) is 5.97 Å². The van der Waals surface area contributed by atoms with Crippen molar-refractivity contribution in [3.05, 3.63) is 70.0 Å². The van der Waals surface area contributed by atoms with Crippen LogP contribution in [0.3, 0.4) is 0 Å². The molecule has 2 aromatic carbocycles. The van der Waals surface area contributed by atoms with Crippen molar-refractivity contribution in [3.8, 4) is 5.69 Å². The molecule has 0 spiro atoms. The van der Waals surface area contributed by atoms with Gasteiger partial charge in [0, 0.05) is 28.0 Å². The largest absolute Gasteiger partial charge is 0.462 e. The number of carbonyl (C=O) groups excluding carboxylic acids is 1. The first kappa shape index (κ1) is 22.0. The summed E-state index contributed by atoms with van der Waals surface area (Å²) in [5, 5.41) is 6.21. The van der Waals surface area contributed by atoms with Crippen molar-refractivity contribution in [1.82, 2.24) is 14.3 Å². The van der Waals surface area contributed by atoms with Crippen LogP contribution in [-0.2, 0) is 11.3 Å². The molecule has 0 fully saturated rings. The molecule has 0 aliphatic heterocycles. The summed E-state index contributed by atoms with van der Waals surface area (Å²) in [6.07, 6.45) is 4.90. The average molecular weight is 519 g/mol. The van der Waals surface area contributed by atoms with Gasteiger partial charge in [0.05, 0.1) is 34.5 Å². The van der Waals surface area contributed by atoms with Gasteiger partial charge in [-0.15, -0.1) is 0 Å². The van der Waals surface area contributed by atoms with Crippen molar-refractivity contribution in [2.45, 2.75) is 36.6 Å². The highest BCUT2D eigenvalue weighted by Crippen LogP contribution is 2.43. The van der Waals surface area contributed by atoms with Gasteiger partial charge in [-0.1, -0.05) is 42.4 Å². The zero-order valence-electron chi connectivity index (χ0n) is 17.1. The van der Waals surface area contributed by atoms with E-state index in [4.69, 9.17) is 16.3 Å². The van der Waals surface area contributed by atoms with Gasteiger partial charge in [-0.2, -0.15) is 5.10 Å². The minimum atomic E-state index is -0.318. The molecule has 2 aromatic heterocycles. The smallest absolute Gasteiger partial charge is 0.338 e. The monoisotopic (exact) mass is 517 g/mol. The highest BCUT2D eigenvalue weighted by atomic mass is 79.9. The van der Waals surface area contributed by atoms with E-state index in [2.05, 4.69) is 32.5 Å². The zero-order chi connectivity index (χ0) is 22.0. The summed E-state index contributed by atoms with van der Waals surface area (Å²) in [7, 11) is 0. The Labute approximate surface area is 198 Å². The van der Waals surface area contributed by atoms with Crippen LogP contribution < -0.4 is 0 Å². The Morgan fingerprint density at radius 2 is 2.06 bits per heavy atom. The predicted octanol–water partition coefficient (Wildman–Crippen LogP) is 6.98.